The van der Waals surface area contributed by atoms with Gasteiger partial charge in [-0.05, 0) is 41.8 Å². The number of benzene rings is 3. The number of pyridine rings is 1. The molecule has 28 heavy (non-hydrogen) atoms. The monoisotopic (exact) mass is 374 g/mol. The molecule has 0 bridgehead atoms. The molecule has 0 amide bonds. The number of H-pyrrole nitrogens is 2. The van der Waals surface area contributed by atoms with Gasteiger partial charge in [-0.1, -0.05) is 0 Å². The zero-order chi connectivity index (χ0) is 19.4. The Morgan fingerprint density at radius 1 is 0.607 bits per heavy atom. The Bertz CT molecular complexity index is 1450. The second-order valence-electron chi connectivity index (χ2n) is 6.69. The van der Waals surface area contributed by atoms with Crippen LogP contribution in [0.1, 0.15) is 0 Å². The number of hydrogen-bond donors (Lipinski definition) is 2. The summed E-state index contributed by atoms with van der Waals surface area (Å²) in [6.07, 6.45) is 0. The van der Waals surface area contributed by atoms with E-state index in [0.29, 0.717) is 22.4 Å². The molecule has 0 unspecified atom stereocenters. The average Bonchev–Trinajstić information content (AvgIpc) is 3.08. The Hall–Kier alpha value is -3.67. The van der Waals surface area contributed by atoms with Crippen molar-refractivity contribution in [2.24, 2.45) is 0 Å². The number of methoxy groups -OCH3 is 3. The van der Waals surface area contributed by atoms with Gasteiger partial charge in [-0.15, -0.1) is 0 Å². The summed E-state index contributed by atoms with van der Waals surface area (Å²) in [6.45, 7) is 0. The maximum absolute atomic E-state index is 12.8. The second kappa shape index (κ2) is 5.92. The number of rotatable bonds is 3. The van der Waals surface area contributed by atoms with Crippen LogP contribution in [-0.2, 0) is 0 Å². The van der Waals surface area contributed by atoms with Gasteiger partial charge in [0.2, 0.25) is 0 Å². The third kappa shape index (κ3) is 2.24. The Balaban J connectivity index is 1.93. The van der Waals surface area contributed by atoms with Crippen LogP contribution in [0.4, 0.5) is 0 Å². The SMILES string of the molecule is COc1ccc2[nH]c3cc4c(cc3c2c1)c(=O)[nH]c1cc(OC)c(OC)cc14. The average molecular weight is 374 g/mol. The Morgan fingerprint density at radius 2 is 1.29 bits per heavy atom. The van der Waals surface area contributed by atoms with Gasteiger partial charge in [0.25, 0.3) is 5.56 Å². The number of ether oxygens (including phenoxy) is 3. The van der Waals surface area contributed by atoms with E-state index < -0.39 is 0 Å². The number of aromatic nitrogens is 2. The van der Waals surface area contributed by atoms with Crippen LogP contribution in [0.5, 0.6) is 17.2 Å². The number of fused-ring (bicyclic) bond motifs is 6. The molecule has 6 nitrogen and oxygen atoms in total. The largest absolute Gasteiger partial charge is 0.497 e. The molecule has 0 aliphatic heterocycles. The lowest BCUT2D eigenvalue weighted by molar-refractivity contribution is 0.356. The highest BCUT2D eigenvalue weighted by Gasteiger charge is 2.14. The van der Waals surface area contributed by atoms with E-state index in [1.165, 1.54) is 0 Å². The van der Waals surface area contributed by atoms with Crippen molar-refractivity contribution in [1.29, 1.82) is 0 Å². The first-order valence-electron chi connectivity index (χ1n) is 8.84. The van der Waals surface area contributed by atoms with Crippen LogP contribution in [0.15, 0.2) is 47.3 Å². The molecule has 5 aromatic rings. The van der Waals surface area contributed by atoms with Crippen molar-refractivity contribution in [2.75, 3.05) is 21.3 Å². The first-order valence-corrected chi connectivity index (χ1v) is 8.84. The fraction of sp³-hybridized carbons (Fsp3) is 0.136. The molecule has 2 N–H and O–H groups in total. The fourth-order valence-corrected chi connectivity index (χ4v) is 3.86. The third-order valence-corrected chi connectivity index (χ3v) is 5.25. The van der Waals surface area contributed by atoms with E-state index in [-0.39, 0.29) is 5.56 Å². The normalized spacial score (nSPS) is 11.5. The summed E-state index contributed by atoms with van der Waals surface area (Å²) in [7, 11) is 4.82. The lowest BCUT2D eigenvalue weighted by atomic mass is 10.0. The van der Waals surface area contributed by atoms with Crippen LogP contribution >= 0.6 is 0 Å². The van der Waals surface area contributed by atoms with E-state index in [1.807, 2.05) is 36.4 Å². The van der Waals surface area contributed by atoms with Gasteiger partial charge in [-0.2, -0.15) is 0 Å². The van der Waals surface area contributed by atoms with Crippen molar-refractivity contribution in [2.45, 2.75) is 0 Å². The van der Waals surface area contributed by atoms with E-state index in [0.717, 1.165) is 38.3 Å². The standard InChI is InChI=1S/C22H18N2O4/c1-26-11-4-5-17-13(6-11)14-7-16-12(8-18(14)23-17)15-9-20(27-2)21(28-3)10-19(15)24-22(16)25/h4-10,23H,1-3H3,(H,24,25). The minimum absolute atomic E-state index is 0.145. The van der Waals surface area contributed by atoms with Crippen molar-refractivity contribution in [3.63, 3.8) is 0 Å². The fourth-order valence-electron chi connectivity index (χ4n) is 3.86. The summed E-state index contributed by atoms with van der Waals surface area (Å²) in [5.41, 5.74) is 2.50. The topological polar surface area (TPSA) is 76.3 Å². The minimum atomic E-state index is -0.145. The smallest absolute Gasteiger partial charge is 0.256 e. The van der Waals surface area contributed by atoms with Gasteiger partial charge in [0, 0.05) is 38.6 Å². The third-order valence-electron chi connectivity index (χ3n) is 5.25. The summed E-state index contributed by atoms with van der Waals surface area (Å²) in [5.74, 6) is 1.96. The molecule has 0 saturated heterocycles. The van der Waals surface area contributed by atoms with Gasteiger partial charge in [-0.25, -0.2) is 0 Å². The molecule has 140 valence electrons. The van der Waals surface area contributed by atoms with Crippen molar-refractivity contribution in [3.05, 3.63) is 52.8 Å². The Morgan fingerprint density at radius 3 is 2.04 bits per heavy atom. The zero-order valence-corrected chi connectivity index (χ0v) is 15.7. The minimum Gasteiger partial charge on any atom is -0.497 e. The molecule has 0 radical (unpaired) electrons. The van der Waals surface area contributed by atoms with E-state index in [4.69, 9.17) is 14.2 Å². The number of hydrogen-bond acceptors (Lipinski definition) is 4. The van der Waals surface area contributed by atoms with Gasteiger partial charge >= 0.3 is 0 Å². The summed E-state index contributed by atoms with van der Waals surface area (Å²) in [5, 5.41) is 4.36. The van der Waals surface area contributed by atoms with Crippen LogP contribution in [-0.4, -0.2) is 31.3 Å². The Kier molecular flexibility index (Phi) is 3.49. The molecule has 0 saturated carbocycles. The van der Waals surface area contributed by atoms with Crippen molar-refractivity contribution in [1.82, 2.24) is 9.97 Å². The lowest BCUT2D eigenvalue weighted by Gasteiger charge is -2.11. The molecule has 0 spiro atoms. The van der Waals surface area contributed by atoms with Crippen molar-refractivity contribution < 1.29 is 14.2 Å². The Labute approximate surface area is 159 Å². The predicted molar refractivity (Wildman–Crippen MR) is 111 cm³/mol. The second-order valence-corrected chi connectivity index (χ2v) is 6.69. The van der Waals surface area contributed by atoms with E-state index in [2.05, 4.69) is 9.97 Å². The summed E-state index contributed by atoms with van der Waals surface area (Å²) < 4.78 is 16.2. The first-order chi connectivity index (χ1) is 13.6. The van der Waals surface area contributed by atoms with Crippen LogP contribution in [0.3, 0.4) is 0 Å². The quantitative estimate of drug-likeness (QED) is 0.461. The molecule has 0 fully saturated rings. The van der Waals surface area contributed by atoms with Crippen LogP contribution < -0.4 is 19.8 Å². The maximum atomic E-state index is 12.8. The molecule has 2 aromatic heterocycles. The van der Waals surface area contributed by atoms with Crippen LogP contribution in [0, 0.1) is 0 Å². The van der Waals surface area contributed by atoms with Crippen LogP contribution in [0.2, 0.25) is 0 Å². The van der Waals surface area contributed by atoms with Gasteiger partial charge < -0.3 is 24.2 Å². The molecule has 0 aliphatic rings. The highest BCUT2D eigenvalue weighted by atomic mass is 16.5. The highest BCUT2D eigenvalue weighted by Crippen LogP contribution is 2.36. The molecular formula is C22H18N2O4. The molecule has 0 aliphatic carbocycles. The molecular weight excluding hydrogens is 356 g/mol. The van der Waals surface area contributed by atoms with Gasteiger partial charge in [0.1, 0.15) is 5.75 Å². The maximum Gasteiger partial charge on any atom is 0.256 e. The zero-order valence-electron chi connectivity index (χ0n) is 15.7. The van der Waals surface area contributed by atoms with Crippen molar-refractivity contribution in [3.8, 4) is 17.2 Å². The van der Waals surface area contributed by atoms with Crippen LogP contribution in [0.25, 0.3) is 43.5 Å². The lowest BCUT2D eigenvalue weighted by Crippen LogP contribution is -2.06. The summed E-state index contributed by atoms with van der Waals surface area (Å²) in [4.78, 5) is 19.2. The molecule has 6 heteroatoms. The molecule has 2 heterocycles. The summed E-state index contributed by atoms with van der Waals surface area (Å²) >= 11 is 0. The highest BCUT2D eigenvalue weighted by molar-refractivity contribution is 6.16. The van der Waals surface area contributed by atoms with Crippen molar-refractivity contribution >= 4 is 43.5 Å². The van der Waals surface area contributed by atoms with Gasteiger partial charge in [0.15, 0.2) is 11.5 Å². The van der Waals surface area contributed by atoms with E-state index >= 15 is 0 Å². The van der Waals surface area contributed by atoms with E-state index in [1.54, 1.807) is 27.4 Å². The molecule has 5 rings (SSSR count). The number of aromatic amines is 2. The van der Waals surface area contributed by atoms with Gasteiger partial charge in [0.05, 0.1) is 26.8 Å². The first kappa shape index (κ1) is 16.5. The molecule has 0 atom stereocenters. The predicted octanol–water partition coefficient (Wildman–Crippen LogP) is 4.34. The van der Waals surface area contributed by atoms with E-state index in [9.17, 15) is 4.79 Å². The number of nitrogens with one attached hydrogen (secondary N) is 2. The van der Waals surface area contributed by atoms with Gasteiger partial charge in [-0.3, -0.25) is 4.79 Å². The molecule has 3 aromatic carbocycles. The summed E-state index contributed by atoms with van der Waals surface area (Å²) in [6, 6.07) is 13.5.